The van der Waals surface area contributed by atoms with E-state index in [1.807, 2.05) is 86.6 Å². The molecule has 0 unspecified atom stereocenters. The molecule has 0 radical (unpaired) electrons. The Morgan fingerprint density at radius 3 is 1.22 bits per heavy atom. The number of nitrogens with zero attached hydrogens (tertiary/aromatic N) is 8. The molecule has 0 aliphatic rings. The monoisotopic (exact) mass is 826 g/mol. The molecule has 64 heavy (non-hydrogen) atoms. The molecule has 8 nitrogen and oxygen atoms in total. The van der Waals surface area contributed by atoms with Gasteiger partial charge in [0.25, 0.3) is 0 Å². The molecule has 0 saturated carbocycles. The first-order chi connectivity index (χ1) is 31.3. The van der Waals surface area contributed by atoms with Crippen molar-refractivity contribution in [2.75, 3.05) is 0 Å². The van der Waals surface area contributed by atoms with Crippen LogP contribution < -0.4 is 0 Å². The van der Waals surface area contributed by atoms with Crippen molar-refractivity contribution >= 4 is 0 Å². The molecule has 0 fully saturated rings. The summed E-state index contributed by atoms with van der Waals surface area (Å²) in [5.41, 5.74) is 14.2. The standard InChI is InChI=1S/C56H42N8/c1-35-25-29-41(30-26-35)53-60-54(42-31-27-36(2)28-32-42)62-55(61-53)44-20-13-19-43(34-44)45-23-14-24-48(49-33-37(3)57-38(4)58-49)50(45)46-21-11-12-22-47(46)56-63-51(39-15-7-5-8-16-39)59-52(64-56)40-17-9-6-10-18-40/h5-34H,1-4H3. The van der Waals surface area contributed by atoms with E-state index in [-0.39, 0.29) is 0 Å². The molecule has 0 bridgehead atoms. The van der Waals surface area contributed by atoms with Crippen molar-refractivity contribution in [3.63, 3.8) is 0 Å². The fourth-order valence-electron chi connectivity index (χ4n) is 7.97. The van der Waals surface area contributed by atoms with Gasteiger partial charge < -0.3 is 0 Å². The lowest BCUT2D eigenvalue weighted by molar-refractivity contribution is 1.02. The highest BCUT2D eigenvalue weighted by Gasteiger charge is 2.22. The molecule has 10 rings (SSSR count). The van der Waals surface area contributed by atoms with Crippen molar-refractivity contribution < 1.29 is 0 Å². The highest BCUT2D eigenvalue weighted by atomic mass is 15.0. The second-order valence-corrected chi connectivity index (χ2v) is 15.9. The van der Waals surface area contributed by atoms with E-state index in [1.165, 1.54) is 11.1 Å². The van der Waals surface area contributed by atoms with Gasteiger partial charge in [-0.25, -0.2) is 39.9 Å². The molecule has 10 aromatic rings. The lowest BCUT2D eigenvalue weighted by Gasteiger charge is -2.19. The van der Waals surface area contributed by atoms with Crippen molar-refractivity contribution in [1.82, 2.24) is 39.9 Å². The van der Waals surface area contributed by atoms with Gasteiger partial charge in [0.05, 0.1) is 5.69 Å². The molecule has 0 spiro atoms. The SMILES string of the molecule is Cc1ccc(-c2nc(-c3ccc(C)cc3)nc(-c3cccc(-c4cccc(-c5cc(C)nc(C)n5)c4-c4ccccc4-c4nc(-c5ccccc5)nc(-c5ccccc5)n4)c3)n2)cc1. The Labute approximate surface area is 372 Å². The molecule has 7 aromatic carbocycles. The van der Waals surface area contributed by atoms with Gasteiger partial charge >= 0.3 is 0 Å². The zero-order valence-electron chi connectivity index (χ0n) is 35.9. The average Bonchev–Trinajstić information content (AvgIpc) is 3.34. The van der Waals surface area contributed by atoms with Gasteiger partial charge in [0.15, 0.2) is 34.9 Å². The molecule has 3 aromatic heterocycles. The number of aromatic nitrogens is 8. The molecule has 0 atom stereocenters. The van der Waals surface area contributed by atoms with Gasteiger partial charge in [-0.2, -0.15) is 0 Å². The molecular formula is C56H42N8. The molecular weight excluding hydrogens is 785 g/mol. The van der Waals surface area contributed by atoms with Crippen LogP contribution in [0.3, 0.4) is 0 Å². The summed E-state index contributed by atoms with van der Waals surface area (Å²) in [5, 5.41) is 0. The lowest BCUT2D eigenvalue weighted by atomic mass is 9.86. The molecule has 0 aliphatic carbocycles. The number of aryl methyl sites for hydroxylation is 4. The average molecular weight is 827 g/mol. The Morgan fingerprint density at radius 1 is 0.266 bits per heavy atom. The smallest absolute Gasteiger partial charge is 0.164 e. The molecule has 0 amide bonds. The predicted molar refractivity (Wildman–Crippen MR) is 257 cm³/mol. The molecule has 0 N–H and O–H groups in total. The number of rotatable bonds is 9. The summed E-state index contributed by atoms with van der Waals surface area (Å²) in [4.78, 5) is 40.2. The maximum absolute atomic E-state index is 5.18. The minimum atomic E-state index is 0.560. The van der Waals surface area contributed by atoms with E-state index in [0.717, 1.165) is 72.6 Å². The van der Waals surface area contributed by atoms with Gasteiger partial charge in [0, 0.05) is 44.6 Å². The zero-order valence-corrected chi connectivity index (χ0v) is 35.9. The van der Waals surface area contributed by atoms with Crippen LogP contribution >= 0.6 is 0 Å². The first kappa shape index (κ1) is 39.8. The van der Waals surface area contributed by atoms with Crippen LogP contribution in [0.2, 0.25) is 0 Å². The topological polar surface area (TPSA) is 103 Å². The molecule has 8 heteroatoms. The first-order valence-corrected chi connectivity index (χ1v) is 21.3. The fraction of sp³-hybridized carbons (Fsp3) is 0.0714. The summed E-state index contributed by atoms with van der Waals surface area (Å²) in [6, 6.07) is 61.9. The van der Waals surface area contributed by atoms with Gasteiger partial charge in [-0.3, -0.25) is 0 Å². The quantitative estimate of drug-likeness (QED) is 0.142. The van der Waals surface area contributed by atoms with Crippen LogP contribution in [-0.4, -0.2) is 39.9 Å². The van der Waals surface area contributed by atoms with Crippen LogP contribution in [0.5, 0.6) is 0 Å². The summed E-state index contributed by atoms with van der Waals surface area (Å²) in [7, 11) is 0. The Kier molecular flexibility index (Phi) is 10.7. The van der Waals surface area contributed by atoms with E-state index < -0.39 is 0 Å². The van der Waals surface area contributed by atoms with Crippen LogP contribution in [-0.2, 0) is 0 Å². The fourth-order valence-corrected chi connectivity index (χ4v) is 7.97. The third-order valence-corrected chi connectivity index (χ3v) is 11.1. The number of hydrogen-bond donors (Lipinski definition) is 0. The van der Waals surface area contributed by atoms with Crippen molar-refractivity contribution in [2.24, 2.45) is 0 Å². The second-order valence-electron chi connectivity index (χ2n) is 15.9. The summed E-state index contributed by atoms with van der Waals surface area (Å²) in [6.45, 7) is 8.09. The summed E-state index contributed by atoms with van der Waals surface area (Å²) in [6.07, 6.45) is 0. The van der Waals surface area contributed by atoms with E-state index in [9.17, 15) is 0 Å². The van der Waals surface area contributed by atoms with Crippen LogP contribution in [0, 0.1) is 27.7 Å². The number of hydrogen-bond acceptors (Lipinski definition) is 8. The van der Waals surface area contributed by atoms with Crippen molar-refractivity contribution in [2.45, 2.75) is 27.7 Å². The molecule has 0 aliphatic heterocycles. The lowest BCUT2D eigenvalue weighted by Crippen LogP contribution is -2.02. The molecule has 0 saturated heterocycles. The third kappa shape index (κ3) is 8.20. The Hall–Kier alpha value is -8.36. The summed E-state index contributed by atoms with van der Waals surface area (Å²) < 4.78 is 0. The third-order valence-electron chi connectivity index (χ3n) is 11.1. The highest BCUT2D eigenvalue weighted by Crippen LogP contribution is 2.44. The van der Waals surface area contributed by atoms with E-state index in [0.29, 0.717) is 40.8 Å². The zero-order chi connectivity index (χ0) is 43.6. The maximum atomic E-state index is 5.18. The first-order valence-electron chi connectivity index (χ1n) is 21.3. The van der Waals surface area contributed by atoms with Gasteiger partial charge in [0.2, 0.25) is 0 Å². The van der Waals surface area contributed by atoms with E-state index >= 15 is 0 Å². The Balaban J connectivity index is 1.19. The highest BCUT2D eigenvalue weighted by molar-refractivity contribution is 5.99. The van der Waals surface area contributed by atoms with E-state index in [4.69, 9.17) is 34.9 Å². The summed E-state index contributed by atoms with van der Waals surface area (Å²) in [5.74, 6) is 4.24. The summed E-state index contributed by atoms with van der Waals surface area (Å²) >= 11 is 0. The minimum absolute atomic E-state index is 0.560. The van der Waals surface area contributed by atoms with Crippen molar-refractivity contribution in [3.8, 4) is 102 Å². The van der Waals surface area contributed by atoms with Crippen molar-refractivity contribution in [1.29, 1.82) is 0 Å². The van der Waals surface area contributed by atoms with Gasteiger partial charge in [-0.1, -0.05) is 181 Å². The largest absolute Gasteiger partial charge is 0.239 e. The minimum Gasteiger partial charge on any atom is -0.239 e. The van der Waals surface area contributed by atoms with Crippen LogP contribution in [0.1, 0.15) is 22.6 Å². The van der Waals surface area contributed by atoms with E-state index in [2.05, 4.69) is 128 Å². The van der Waals surface area contributed by atoms with Crippen molar-refractivity contribution in [3.05, 3.63) is 205 Å². The molecule has 306 valence electrons. The van der Waals surface area contributed by atoms with Crippen LogP contribution in [0.15, 0.2) is 182 Å². The maximum Gasteiger partial charge on any atom is 0.164 e. The second kappa shape index (κ2) is 17.2. The Morgan fingerprint density at radius 2 is 0.672 bits per heavy atom. The Bertz CT molecular complexity index is 3150. The normalized spacial score (nSPS) is 11.1. The van der Waals surface area contributed by atoms with Crippen LogP contribution in [0.25, 0.3) is 102 Å². The predicted octanol–water partition coefficient (Wildman–Crippen LogP) is 13.1. The van der Waals surface area contributed by atoms with Gasteiger partial charge in [0.1, 0.15) is 5.82 Å². The van der Waals surface area contributed by atoms with Crippen LogP contribution in [0.4, 0.5) is 0 Å². The molecule has 3 heterocycles. The van der Waals surface area contributed by atoms with Gasteiger partial charge in [-0.05, 0) is 62.1 Å². The van der Waals surface area contributed by atoms with Gasteiger partial charge in [-0.15, -0.1) is 0 Å². The van der Waals surface area contributed by atoms with E-state index in [1.54, 1.807) is 0 Å². The number of benzene rings is 7.